The first-order chi connectivity index (χ1) is 7.68. The first-order valence-electron chi connectivity index (χ1n) is 5.89. The number of amides is 2. The summed E-state index contributed by atoms with van der Waals surface area (Å²) in [4.78, 5) is 25.7. The van der Waals surface area contributed by atoms with Gasteiger partial charge < -0.3 is 10.2 Å². The normalized spacial score (nSPS) is 24.4. The Morgan fingerprint density at radius 1 is 1.38 bits per heavy atom. The summed E-state index contributed by atoms with van der Waals surface area (Å²) in [5, 5.41) is 2.93. The smallest absolute Gasteiger partial charge is 0.248 e. The number of hydrogen-bond acceptors (Lipinski definition) is 2. The summed E-state index contributed by atoms with van der Waals surface area (Å²) in [6.07, 6.45) is 5.73. The van der Waals surface area contributed by atoms with Crippen molar-refractivity contribution in [3.8, 4) is 0 Å². The van der Waals surface area contributed by atoms with Gasteiger partial charge in [0, 0.05) is 19.5 Å². The summed E-state index contributed by atoms with van der Waals surface area (Å²) in [6, 6.07) is 0. The van der Waals surface area contributed by atoms with Gasteiger partial charge >= 0.3 is 0 Å². The summed E-state index contributed by atoms with van der Waals surface area (Å²) in [6.45, 7) is 4.70. The molecule has 2 aliphatic rings. The summed E-state index contributed by atoms with van der Waals surface area (Å²) in [7, 11) is 0. The molecule has 1 saturated heterocycles. The van der Waals surface area contributed by atoms with E-state index in [4.69, 9.17) is 0 Å². The zero-order valence-electron chi connectivity index (χ0n) is 9.50. The second-order valence-electron chi connectivity index (χ2n) is 4.63. The zero-order chi connectivity index (χ0) is 11.6. The van der Waals surface area contributed by atoms with Crippen molar-refractivity contribution < 1.29 is 9.59 Å². The molecular formula is C12H18N2O2. The second kappa shape index (κ2) is 4.28. The van der Waals surface area contributed by atoms with Gasteiger partial charge in [-0.2, -0.15) is 0 Å². The topological polar surface area (TPSA) is 49.4 Å². The van der Waals surface area contributed by atoms with E-state index in [1.807, 2.05) is 0 Å². The Hall–Kier alpha value is -1.32. The van der Waals surface area contributed by atoms with E-state index in [1.165, 1.54) is 0 Å². The fourth-order valence-electron chi connectivity index (χ4n) is 2.67. The highest BCUT2D eigenvalue weighted by atomic mass is 16.2. The molecule has 0 unspecified atom stereocenters. The number of carbonyl (C=O) groups excluding carboxylic acids is 2. The fraction of sp³-hybridized carbons (Fsp3) is 0.667. The monoisotopic (exact) mass is 222 g/mol. The number of nitrogens with one attached hydrogen (secondary N) is 1. The molecule has 2 rings (SSSR count). The molecule has 1 heterocycles. The van der Waals surface area contributed by atoms with E-state index in [2.05, 4.69) is 11.9 Å². The average Bonchev–Trinajstić information content (AvgIpc) is 2.68. The second-order valence-corrected chi connectivity index (χ2v) is 4.63. The van der Waals surface area contributed by atoms with Gasteiger partial charge in [0.05, 0.1) is 0 Å². The van der Waals surface area contributed by atoms with Crippen LogP contribution in [0, 0.1) is 0 Å². The third kappa shape index (κ3) is 1.84. The quantitative estimate of drug-likeness (QED) is 0.704. The highest BCUT2D eigenvalue weighted by Gasteiger charge is 2.45. The van der Waals surface area contributed by atoms with Gasteiger partial charge in [-0.25, -0.2) is 0 Å². The molecule has 1 aliphatic heterocycles. The first kappa shape index (κ1) is 11.2. The van der Waals surface area contributed by atoms with Gasteiger partial charge in [0.2, 0.25) is 11.8 Å². The minimum atomic E-state index is -0.601. The number of carbonyl (C=O) groups is 2. The Balaban J connectivity index is 2.24. The Morgan fingerprint density at radius 2 is 2.06 bits per heavy atom. The number of hydrogen-bond donors (Lipinski definition) is 1. The largest absolute Gasteiger partial charge is 0.342 e. The van der Waals surface area contributed by atoms with Crippen molar-refractivity contribution in [3.05, 3.63) is 12.7 Å². The number of rotatable bonds is 2. The average molecular weight is 222 g/mol. The molecule has 0 aromatic rings. The van der Waals surface area contributed by atoms with Gasteiger partial charge in [-0.3, -0.25) is 9.59 Å². The van der Waals surface area contributed by atoms with Crippen LogP contribution in [0.1, 0.15) is 32.1 Å². The van der Waals surface area contributed by atoms with Crippen molar-refractivity contribution in [1.82, 2.24) is 10.2 Å². The van der Waals surface area contributed by atoms with Crippen LogP contribution in [0.5, 0.6) is 0 Å². The van der Waals surface area contributed by atoms with E-state index in [9.17, 15) is 9.59 Å². The summed E-state index contributed by atoms with van der Waals surface area (Å²) in [5.74, 6) is 0.0811. The van der Waals surface area contributed by atoms with Crippen LogP contribution in [0.4, 0.5) is 0 Å². The molecule has 16 heavy (non-hydrogen) atoms. The lowest BCUT2D eigenvalue weighted by molar-refractivity contribution is -0.138. The Morgan fingerprint density at radius 3 is 2.69 bits per heavy atom. The molecular weight excluding hydrogens is 204 g/mol. The van der Waals surface area contributed by atoms with E-state index in [0.717, 1.165) is 25.7 Å². The van der Waals surface area contributed by atoms with Crippen LogP contribution in [0.3, 0.4) is 0 Å². The molecule has 1 aliphatic carbocycles. The molecule has 2 amide bonds. The summed E-state index contributed by atoms with van der Waals surface area (Å²) in [5.41, 5.74) is -0.601. The Kier molecular flexibility index (Phi) is 2.99. The van der Waals surface area contributed by atoms with E-state index < -0.39 is 5.54 Å². The number of nitrogens with zero attached hydrogens (tertiary/aromatic N) is 1. The molecule has 1 spiro atoms. The molecule has 0 radical (unpaired) electrons. The Bertz CT molecular complexity index is 319. The maximum Gasteiger partial charge on any atom is 0.248 e. The van der Waals surface area contributed by atoms with Crippen LogP contribution in [-0.4, -0.2) is 35.3 Å². The predicted molar refractivity (Wildman–Crippen MR) is 60.7 cm³/mol. The third-order valence-electron chi connectivity index (χ3n) is 3.49. The Labute approximate surface area is 95.7 Å². The minimum Gasteiger partial charge on any atom is -0.342 e. The van der Waals surface area contributed by atoms with E-state index in [-0.39, 0.29) is 11.8 Å². The lowest BCUT2D eigenvalue weighted by Crippen LogP contribution is -2.55. The molecule has 0 atom stereocenters. The van der Waals surface area contributed by atoms with Gasteiger partial charge in [-0.1, -0.05) is 18.9 Å². The fourth-order valence-corrected chi connectivity index (χ4v) is 2.67. The van der Waals surface area contributed by atoms with Gasteiger partial charge in [-0.05, 0) is 12.8 Å². The zero-order valence-corrected chi connectivity index (χ0v) is 9.50. The lowest BCUT2D eigenvalue weighted by Gasteiger charge is -2.31. The molecule has 88 valence electrons. The highest BCUT2D eigenvalue weighted by molar-refractivity contribution is 5.93. The SMILES string of the molecule is C=CCN1CCC(=O)NC2(CCCC2)C1=O. The molecule has 0 aromatic heterocycles. The van der Waals surface area contributed by atoms with Crippen LogP contribution >= 0.6 is 0 Å². The van der Waals surface area contributed by atoms with E-state index >= 15 is 0 Å². The third-order valence-corrected chi connectivity index (χ3v) is 3.49. The first-order valence-corrected chi connectivity index (χ1v) is 5.89. The van der Waals surface area contributed by atoms with E-state index in [1.54, 1.807) is 11.0 Å². The molecule has 2 fully saturated rings. The molecule has 0 aromatic carbocycles. The van der Waals surface area contributed by atoms with Crippen molar-refractivity contribution >= 4 is 11.8 Å². The van der Waals surface area contributed by atoms with Crippen molar-refractivity contribution in [2.24, 2.45) is 0 Å². The van der Waals surface area contributed by atoms with Gasteiger partial charge in [0.15, 0.2) is 0 Å². The van der Waals surface area contributed by atoms with Crippen molar-refractivity contribution in [3.63, 3.8) is 0 Å². The lowest BCUT2D eigenvalue weighted by atomic mass is 9.96. The summed E-state index contributed by atoms with van der Waals surface area (Å²) < 4.78 is 0. The molecule has 1 saturated carbocycles. The molecule has 4 nitrogen and oxygen atoms in total. The van der Waals surface area contributed by atoms with Gasteiger partial charge in [0.1, 0.15) is 5.54 Å². The maximum atomic E-state index is 12.4. The van der Waals surface area contributed by atoms with Crippen LogP contribution in [-0.2, 0) is 9.59 Å². The highest BCUT2D eigenvalue weighted by Crippen LogP contribution is 2.32. The van der Waals surface area contributed by atoms with Crippen LogP contribution in [0.15, 0.2) is 12.7 Å². The van der Waals surface area contributed by atoms with Crippen LogP contribution < -0.4 is 5.32 Å². The molecule has 1 N–H and O–H groups in total. The molecule has 4 heteroatoms. The van der Waals surface area contributed by atoms with Crippen molar-refractivity contribution in [2.75, 3.05) is 13.1 Å². The standard InChI is InChI=1S/C12H18N2O2/c1-2-8-14-9-5-10(15)13-12(11(14)16)6-3-4-7-12/h2H,1,3-9H2,(H,13,15). The maximum absolute atomic E-state index is 12.4. The molecule has 0 bridgehead atoms. The summed E-state index contributed by atoms with van der Waals surface area (Å²) >= 11 is 0. The van der Waals surface area contributed by atoms with E-state index in [0.29, 0.717) is 19.5 Å². The van der Waals surface area contributed by atoms with Gasteiger partial charge in [0.25, 0.3) is 0 Å². The van der Waals surface area contributed by atoms with Crippen LogP contribution in [0.2, 0.25) is 0 Å². The predicted octanol–water partition coefficient (Wildman–Crippen LogP) is 0.834. The minimum absolute atomic E-state index is 0.00168. The van der Waals surface area contributed by atoms with Gasteiger partial charge in [-0.15, -0.1) is 6.58 Å². The van der Waals surface area contributed by atoms with Crippen molar-refractivity contribution in [2.45, 2.75) is 37.6 Å². The van der Waals surface area contributed by atoms with Crippen LogP contribution in [0.25, 0.3) is 0 Å². The van der Waals surface area contributed by atoms with Crippen molar-refractivity contribution in [1.29, 1.82) is 0 Å².